The third-order valence-corrected chi connectivity index (χ3v) is 4.19. The Balaban J connectivity index is 2.32. The Morgan fingerprint density at radius 2 is 1.89 bits per heavy atom. The molecule has 1 aromatic carbocycles. The van der Waals surface area contributed by atoms with E-state index in [2.05, 4.69) is 24.2 Å². The van der Waals surface area contributed by atoms with Gasteiger partial charge in [-0.25, -0.2) is 4.39 Å². The Hall–Kier alpha value is -0.970. The zero-order valence-electron chi connectivity index (χ0n) is 12.0. The summed E-state index contributed by atoms with van der Waals surface area (Å²) in [5, 5.41) is 0. The van der Waals surface area contributed by atoms with Crippen LogP contribution in [0.2, 0.25) is 0 Å². The first-order valence-corrected chi connectivity index (χ1v) is 6.93. The van der Waals surface area contributed by atoms with E-state index >= 15 is 0 Å². The zero-order chi connectivity index (χ0) is 14.0. The van der Waals surface area contributed by atoms with Crippen molar-refractivity contribution in [3.05, 3.63) is 35.1 Å². The lowest BCUT2D eigenvalue weighted by Crippen LogP contribution is -2.53. The smallest absolute Gasteiger partial charge is 0.123 e. The fourth-order valence-corrected chi connectivity index (χ4v) is 3.12. The van der Waals surface area contributed by atoms with Gasteiger partial charge < -0.3 is 0 Å². The average molecular weight is 265 g/mol. The van der Waals surface area contributed by atoms with E-state index in [-0.39, 0.29) is 17.4 Å². The van der Waals surface area contributed by atoms with Gasteiger partial charge in [0.05, 0.1) is 6.04 Å². The summed E-state index contributed by atoms with van der Waals surface area (Å²) in [7, 11) is 0. The summed E-state index contributed by atoms with van der Waals surface area (Å²) in [6.45, 7) is 8.41. The molecule has 0 aromatic heterocycles. The number of hydrogen-bond acceptors (Lipinski definition) is 3. The Bertz CT molecular complexity index is 419. The molecule has 1 aromatic rings. The molecule has 1 heterocycles. The van der Waals surface area contributed by atoms with Crippen LogP contribution < -0.4 is 11.3 Å². The van der Waals surface area contributed by atoms with Gasteiger partial charge in [-0.3, -0.25) is 16.2 Å². The number of nitrogens with one attached hydrogen (secondary N) is 1. The topological polar surface area (TPSA) is 41.3 Å². The van der Waals surface area contributed by atoms with Crippen molar-refractivity contribution in [1.82, 2.24) is 10.3 Å². The molecule has 3 N–H and O–H groups in total. The highest BCUT2D eigenvalue weighted by Crippen LogP contribution is 2.33. The highest BCUT2D eigenvalue weighted by atomic mass is 19.1. The van der Waals surface area contributed by atoms with Gasteiger partial charge in [0, 0.05) is 5.54 Å². The molecule has 0 saturated carbocycles. The number of benzene rings is 1. The van der Waals surface area contributed by atoms with Crippen molar-refractivity contribution in [2.45, 2.75) is 45.2 Å². The van der Waals surface area contributed by atoms with Gasteiger partial charge in [0.2, 0.25) is 0 Å². The molecule has 1 unspecified atom stereocenters. The van der Waals surface area contributed by atoms with Crippen molar-refractivity contribution in [2.24, 2.45) is 5.84 Å². The number of aryl methyl sites for hydroxylation is 1. The molecule has 0 bridgehead atoms. The molecule has 1 fully saturated rings. The van der Waals surface area contributed by atoms with Crippen molar-refractivity contribution in [3.8, 4) is 0 Å². The van der Waals surface area contributed by atoms with Gasteiger partial charge >= 0.3 is 0 Å². The second kappa shape index (κ2) is 5.57. The normalized spacial score (nSPS) is 18.8. The van der Waals surface area contributed by atoms with E-state index in [1.54, 1.807) is 12.1 Å². The molecule has 0 aliphatic carbocycles. The Kier molecular flexibility index (Phi) is 4.23. The fraction of sp³-hybridized carbons (Fsp3) is 0.600. The van der Waals surface area contributed by atoms with Crippen molar-refractivity contribution < 1.29 is 4.39 Å². The maximum absolute atomic E-state index is 13.6. The third-order valence-electron chi connectivity index (χ3n) is 4.19. The van der Waals surface area contributed by atoms with E-state index in [9.17, 15) is 4.39 Å². The number of halogens is 1. The third kappa shape index (κ3) is 2.96. The number of hydrazine groups is 1. The second-order valence-corrected chi connectivity index (χ2v) is 6.01. The molecule has 0 spiro atoms. The first-order chi connectivity index (χ1) is 8.95. The van der Waals surface area contributed by atoms with Gasteiger partial charge in [0.25, 0.3) is 0 Å². The maximum atomic E-state index is 13.6. The van der Waals surface area contributed by atoms with Gasteiger partial charge in [-0.1, -0.05) is 6.07 Å². The van der Waals surface area contributed by atoms with Gasteiger partial charge in [0.15, 0.2) is 0 Å². The molecule has 106 valence electrons. The predicted molar refractivity (Wildman–Crippen MR) is 76.1 cm³/mol. The van der Waals surface area contributed by atoms with E-state index in [0.717, 1.165) is 24.2 Å². The zero-order valence-corrected chi connectivity index (χ0v) is 12.0. The first-order valence-electron chi connectivity index (χ1n) is 6.93. The van der Waals surface area contributed by atoms with Crippen LogP contribution in [-0.2, 0) is 0 Å². The van der Waals surface area contributed by atoms with Crippen LogP contribution in [0, 0.1) is 12.7 Å². The molecule has 1 aliphatic rings. The average Bonchev–Trinajstić information content (AvgIpc) is 2.81. The van der Waals surface area contributed by atoms with Crippen molar-refractivity contribution >= 4 is 0 Å². The van der Waals surface area contributed by atoms with Gasteiger partial charge in [-0.05, 0) is 70.0 Å². The lowest BCUT2D eigenvalue weighted by atomic mass is 9.87. The van der Waals surface area contributed by atoms with E-state index in [0.29, 0.717) is 0 Å². The fourth-order valence-electron chi connectivity index (χ4n) is 3.12. The van der Waals surface area contributed by atoms with Crippen LogP contribution in [0.4, 0.5) is 4.39 Å². The molecule has 2 rings (SSSR count). The Morgan fingerprint density at radius 3 is 2.42 bits per heavy atom. The second-order valence-electron chi connectivity index (χ2n) is 6.01. The molecular weight excluding hydrogens is 241 g/mol. The molecule has 1 atom stereocenters. The van der Waals surface area contributed by atoms with E-state index in [4.69, 9.17) is 5.84 Å². The van der Waals surface area contributed by atoms with Crippen LogP contribution in [0.15, 0.2) is 18.2 Å². The number of nitrogens with two attached hydrogens (primary N) is 1. The van der Waals surface area contributed by atoms with Gasteiger partial charge in [-0.2, -0.15) is 0 Å². The molecule has 4 heteroatoms. The number of hydrogen-bond donors (Lipinski definition) is 2. The lowest BCUT2D eigenvalue weighted by Gasteiger charge is -2.42. The summed E-state index contributed by atoms with van der Waals surface area (Å²) < 4.78 is 13.6. The summed E-state index contributed by atoms with van der Waals surface area (Å²) in [5.74, 6) is 5.56. The van der Waals surface area contributed by atoms with Gasteiger partial charge in [-0.15, -0.1) is 0 Å². The first kappa shape index (κ1) is 14.4. The molecule has 0 radical (unpaired) electrons. The number of rotatable bonds is 4. The Labute approximate surface area is 114 Å². The van der Waals surface area contributed by atoms with Crippen LogP contribution in [-0.4, -0.2) is 23.5 Å². The van der Waals surface area contributed by atoms with Crippen molar-refractivity contribution in [1.29, 1.82) is 0 Å². The number of likely N-dealkylation sites (tertiary alicyclic amines) is 1. The minimum Gasteiger partial charge on any atom is -0.296 e. The van der Waals surface area contributed by atoms with E-state index in [1.807, 2.05) is 13.0 Å². The van der Waals surface area contributed by atoms with Crippen molar-refractivity contribution in [2.75, 3.05) is 13.1 Å². The predicted octanol–water partition coefficient (Wildman–Crippen LogP) is 2.51. The molecule has 3 nitrogen and oxygen atoms in total. The van der Waals surface area contributed by atoms with E-state index in [1.165, 1.54) is 12.8 Å². The summed E-state index contributed by atoms with van der Waals surface area (Å²) in [6, 6.07) is 5.04. The molecule has 1 aliphatic heterocycles. The summed E-state index contributed by atoms with van der Waals surface area (Å²) >= 11 is 0. The van der Waals surface area contributed by atoms with Crippen LogP contribution in [0.3, 0.4) is 0 Å². The van der Waals surface area contributed by atoms with Crippen LogP contribution >= 0.6 is 0 Å². The van der Waals surface area contributed by atoms with Crippen LogP contribution in [0.1, 0.15) is 43.9 Å². The molecule has 1 saturated heterocycles. The summed E-state index contributed by atoms with van der Waals surface area (Å²) in [4.78, 5) is 2.43. The maximum Gasteiger partial charge on any atom is 0.123 e. The molecule has 19 heavy (non-hydrogen) atoms. The molecular formula is C15H24FN3. The van der Waals surface area contributed by atoms with Crippen LogP contribution in [0.5, 0.6) is 0 Å². The monoisotopic (exact) mass is 265 g/mol. The minimum absolute atomic E-state index is 0.0833. The van der Waals surface area contributed by atoms with E-state index < -0.39 is 0 Å². The highest BCUT2D eigenvalue weighted by Gasteiger charge is 2.37. The van der Waals surface area contributed by atoms with Crippen molar-refractivity contribution in [3.63, 3.8) is 0 Å². The molecule has 0 amide bonds. The highest BCUT2D eigenvalue weighted by molar-refractivity contribution is 5.28. The summed E-state index contributed by atoms with van der Waals surface area (Å²) in [6.07, 6.45) is 2.45. The largest absolute Gasteiger partial charge is 0.296 e. The quantitative estimate of drug-likeness (QED) is 0.649. The Morgan fingerprint density at radius 1 is 1.26 bits per heavy atom. The standard InChI is InChI=1S/C15H24FN3/c1-11-8-12(10-13(16)9-11)14(18-17)15(2,3)19-6-4-5-7-19/h8-10,14,18H,4-7,17H2,1-3H3. The summed E-state index contributed by atoms with van der Waals surface area (Å²) in [5.41, 5.74) is 4.59. The van der Waals surface area contributed by atoms with Gasteiger partial charge in [0.1, 0.15) is 5.82 Å². The number of nitrogens with zero attached hydrogens (tertiary/aromatic N) is 1. The van der Waals surface area contributed by atoms with Crippen LogP contribution in [0.25, 0.3) is 0 Å². The minimum atomic E-state index is -0.201. The lowest BCUT2D eigenvalue weighted by molar-refractivity contribution is 0.107. The SMILES string of the molecule is Cc1cc(F)cc(C(NN)C(C)(C)N2CCCC2)c1.